The van der Waals surface area contributed by atoms with Crippen LogP contribution >= 0.6 is 11.6 Å². The van der Waals surface area contributed by atoms with E-state index in [4.69, 9.17) is 21.1 Å². The molecule has 2 N–H and O–H groups in total. The van der Waals surface area contributed by atoms with Gasteiger partial charge in [-0.25, -0.2) is 4.39 Å². The molecule has 0 heterocycles. The maximum Gasteiger partial charge on any atom is 0.145 e. The smallest absolute Gasteiger partial charge is 0.145 e. The Bertz CT molecular complexity index is 629. The van der Waals surface area contributed by atoms with Gasteiger partial charge in [-0.1, -0.05) is 11.6 Å². The first-order chi connectivity index (χ1) is 10.0. The second-order valence-corrected chi connectivity index (χ2v) is 4.77. The Morgan fingerprint density at radius 3 is 2.43 bits per heavy atom. The zero-order chi connectivity index (χ0) is 15.4. The van der Waals surface area contributed by atoms with E-state index in [-0.39, 0.29) is 5.75 Å². The monoisotopic (exact) mass is 311 g/mol. The van der Waals surface area contributed by atoms with Gasteiger partial charge < -0.3 is 19.9 Å². The summed E-state index contributed by atoms with van der Waals surface area (Å²) in [6, 6.07) is 7.19. The van der Waals surface area contributed by atoms with Crippen molar-refractivity contribution >= 4 is 17.3 Å². The summed E-state index contributed by atoms with van der Waals surface area (Å²) in [7, 11) is 3.05. The average Bonchev–Trinajstić information content (AvgIpc) is 2.44. The molecule has 4 nitrogen and oxygen atoms in total. The van der Waals surface area contributed by atoms with Crippen LogP contribution in [-0.4, -0.2) is 19.3 Å². The lowest BCUT2D eigenvalue weighted by Crippen LogP contribution is -2.02. The third-order valence-electron chi connectivity index (χ3n) is 2.90. The van der Waals surface area contributed by atoms with E-state index >= 15 is 0 Å². The summed E-state index contributed by atoms with van der Waals surface area (Å²) in [6.07, 6.45) is 0. The number of halogens is 2. The highest BCUT2D eigenvalue weighted by Gasteiger charge is 2.10. The molecule has 0 bridgehead atoms. The summed E-state index contributed by atoms with van der Waals surface area (Å²) >= 11 is 6.07. The van der Waals surface area contributed by atoms with Crippen LogP contribution in [-0.2, 0) is 6.54 Å². The van der Waals surface area contributed by atoms with Crippen molar-refractivity contribution in [1.82, 2.24) is 0 Å². The lowest BCUT2D eigenvalue weighted by molar-refractivity contribution is 0.395. The lowest BCUT2D eigenvalue weighted by atomic mass is 10.2. The van der Waals surface area contributed by atoms with Crippen LogP contribution in [0.4, 0.5) is 10.1 Å². The molecule has 21 heavy (non-hydrogen) atoms. The minimum Gasteiger partial charge on any atom is -0.508 e. The van der Waals surface area contributed by atoms with Crippen molar-refractivity contribution in [2.24, 2.45) is 0 Å². The van der Waals surface area contributed by atoms with Gasteiger partial charge in [0.1, 0.15) is 23.1 Å². The van der Waals surface area contributed by atoms with Gasteiger partial charge in [0, 0.05) is 18.7 Å². The average molecular weight is 312 g/mol. The van der Waals surface area contributed by atoms with E-state index in [2.05, 4.69) is 5.32 Å². The van der Waals surface area contributed by atoms with Crippen LogP contribution < -0.4 is 14.8 Å². The number of phenolic OH excluding ortho intramolecular Hbond substituents is 1. The van der Waals surface area contributed by atoms with Crippen LogP contribution in [0, 0.1) is 5.82 Å². The van der Waals surface area contributed by atoms with Crippen molar-refractivity contribution in [3.8, 4) is 17.2 Å². The topological polar surface area (TPSA) is 50.7 Å². The van der Waals surface area contributed by atoms with Gasteiger partial charge in [0.05, 0.1) is 24.9 Å². The molecule has 0 aromatic heterocycles. The molecule has 0 saturated carbocycles. The number of methoxy groups -OCH3 is 2. The number of benzene rings is 2. The molecular weight excluding hydrogens is 297 g/mol. The van der Waals surface area contributed by atoms with Crippen molar-refractivity contribution in [3.63, 3.8) is 0 Å². The summed E-state index contributed by atoms with van der Waals surface area (Å²) in [5.74, 6) is 0.442. The highest BCUT2D eigenvalue weighted by molar-refractivity contribution is 6.32. The molecule has 0 atom stereocenters. The Kier molecular flexibility index (Phi) is 4.75. The number of aromatic hydroxyl groups is 1. The number of hydrogen-bond donors (Lipinski definition) is 2. The summed E-state index contributed by atoms with van der Waals surface area (Å²) in [5.41, 5.74) is 1.24. The Hall–Kier alpha value is -2.14. The molecule has 0 aliphatic rings. The predicted octanol–water partition coefficient (Wildman–Crippen LogP) is 3.81. The molecule has 0 unspecified atom stereocenters. The van der Waals surface area contributed by atoms with Crippen LogP contribution in [0.3, 0.4) is 0 Å². The fraction of sp³-hybridized carbons (Fsp3) is 0.200. The van der Waals surface area contributed by atoms with Gasteiger partial charge in [-0.05, 0) is 23.8 Å². The summed E-state index contributed by atoms with van der Waals surface area (Å²) in [4.78, 5) is 0. The fourth-order valence-corrected chi connectivity index (χ4v) is 2.17. The Morgan fingerprint density at radius 2 is 1.81 bits per heavy atom. The number of nitrogens with one attached hydrogen (secondary N) is 1. The number of rotatable bonds is 5. The van der Waals surface area contributed by atoms with Gasteiger partial charge in [0.15, 0.2) is 0 Å². The van der Waals surface area contributed by atoms with E-state index in [0.29, 0.717) is 34.3 Å². The largest absolute Gasteiger partial charge is 0.508 e. The molecule has 2 rings (SSSR count). The van der Waals surface area contributed by atoms with E-state index in [9.17, 15) is 9.50 Å². The number of ether oxygens (including phenoxy) is 2. The number of hydrogen-bond acceptors (Lipinski definition) is 4. The van der Waals surface area contributed by atoms with Crippen LogP contribution in [0.15, 0.2) is 30.3 Å². The molecule has 0 saturated heterocycles. The van der Waals surface area contributed by atoms with E-state index in [1.807, 2.05) is 0 Å². The molecule has 2 aromatic carbocycles. The van der Waals surface area contributed by atoms with Gasteiger partial charge in [-0.15, -0.1) is 0 Å². The van der Waals surface area contributed by atoms with Gasteiger partial charge in [0.2, 0.25) is 0 Å². The van der Waals surface area contributed by atoms with Crippen LogP contribution in [0.1, 0.15) is 5.56 Å². The van der Waals surface area contributed by atoms with E-state index in [0.717, 1.165) is 6.07 Å². The van der Waals surface area contributed by atoms with Crippen LogP contribution in [0.5, 0.6) is 17.2 Å². The first kappa shape index (κ1) is 15.3. The Labute approximate surface area is 127 Å². The molecular formula is C15H15ClFNO3. The Morgan fingerprint density at radius 1 is 1.10 bits per heavy atom. The first-order valence-corrected chi connectivity index (χ1v) is 6.55. The molecule has 0 aliphatic carbocycles. The molecule has 6 heteroatoms. The minimum absolute atomic E-state index is 0.119. The van der Waals surface area contributed by atoms with Crippen molar-refractivity contribution in [1.29, 1.82) is 0 Å². The second kappa shape index (κ2) is 6.54. The quantitative estimate of drug-likeness (QED) is 0.881. The molecule has 0 radical (unpaired) electrons. The normalized spacial score (nSPS) is 10.3. The first-order valence-electron chi connectivity index (χ1n) is 6.17. The fourth-order valence-electron chi connectivity index (χ4n) is 1.93. The van der Waals surface area contributed by atoms with Crippen molar-refractivity contribution < 1.29 is 19.0 Å². The number of anilines is 1. The van der Waals surface area contributed by atoms with Crippen LogP contribution in [0.2, 0.25) is 5.02 Å². The number of phenols is 1. The highest BCUT2D eigenvalue weighted by Crippen LogP contribution is 2.36. The zero-order valence-electron chi connectivity index (χ0n) is 11.6. The molecule has 0 amide bonds. The highest BCUT2D eigenvalue weighted by atomic mass is 35.5. The molecule has 0 aliphatic heterocycles. The van der Waals surface area contributed by atoms with Crippen molar-refractivity contribution in [3.05, 3.63) is 46.7 Å². The van der Waals surface area contributed by atoms with Crippen molar-refractivity contribution in [2.75, 3.05) is 19.5 Å². The third-order valence-corrected chi connectivity index (χ3v) is 3.19. The standard InChI is InChI=1S/C15H15ClFNO3/c1-20-14-7-15(21-2)13(6-12(14)16)18-8-9-3-10(17)5-11(19)4-9/h3-7,18-19H,8H2,1-2H3. The van der Waals surface area contributed by atoms with Crippen molar-refractivity contribution in [2.45, 2.75) is 6.54 Å². The van der Waals surface area contributed by atoms with Crippen LogP contribution in [0.25, 0.3) is 0 Å². The lowest BCUT2D eigenvalue weighted by Gasteiger charge is -2.14. The molecule has 112 valence electrons. The zero-order valence-corrected chi connectivity index (χ0v) is 12.4. The molecule has 0 fully saturated rings. The predicted molar refractivity (Wildman–Crippen MR) is 79.9 cm³/mol. The SMILES string of the molecule is COc1cc(OC)c(NCc2cc(O)cc(F)c2)cc1Cl. The summed E-state index contributed by atoms with van der Waals surface area (Å²) < 4.78 is 23.6. The maximum atomic E-state index is 13.2. The van der Waals surface area contributed by atoms with Gasteiger partial charge in [-0.3, -0.25) is 0 Å². The summed E-state index contributed by atoms with van der Waals surface area (Å²) in [6.45, 7) is 0.310. The Balaban J connectivity index is 2.21. The van der Waals surface area contributed by atoms with Gasteiger partial charge >= 0.3 is 0 Å². The van der Waals surface area contributed by atoms with Gasteiger partial charge in [-0.2, -0.15) is 0 Å². The minimum atomic E-state index is -0.494. The third kappa shape index (κ3) is 3.70. The summed E-state index contributed by atoms with van der Waals surface area (Å²) in [5, 5.41) is 12.9. The molecule has 0 spiro atoms. The van der Waals surface area contributed by atoms with E-state index < -0.39 is 5.82 Å². The molecule has 2 aromatic rings. The van der Waals surface area contributed by atoms with E-state index in [1.165, 1.54) is 26.4 Å². The van der Waals surface area contributed by atoms with Gasteiger partial charge in [0.25, 0.3) is 0 Å². The second-order valence-electron chi connectivity index (χ2n) is 4.36. The van der Waals surface area contributed by atoms with E-state index in [1.54, 1.807) is 12.1 Å². The maximum absolute atomic E-state index is 13.2.